The Morgan fingerprint density at radius 1 is 1.12 bits per heavy atom. The summed E-state index contributed by atoms with van der Waals surface area (Å²) in [6.45, 7) is 0. The number of nitrogens with zero attached hydrogens (tertiary/aromatic N) is 1. The van der Waals surface area contributed by atoms with E-state index < -0.39 is 23.3 Å². The van der Waals surface area contributed by atoms with Crippen molar-refractivity contribution >= 4 is 50.0 Å². The molecular formula is C24H14ClFN2O4S. The number of benzene rings is 3. The van der Waals surface area contributed by atoms with Gasteiger partial charge in [0.1, 0.15) is 16.4 Å². The van der Waals surface area contributed by atoms with Gasteiger partial charge in [-0.25, -0.2) is 9.37 Å². The van der Waals surface area contributed by atoms with Crippen LogP contribution in [0.15, 0.2) is 75.9 Å². The molecule has 0 aliphatic heterocycles. The molecule has 164 valence electrons. The lowest BCUT2D eigenvalue weighted by atomic mass is 10.1. The third-order valence-electron chi connectivity index (χ3n) is 4.95. The number of thiazole rings is 1. The molecule has 0 spiro atoms. The van der Waals surface area contributed by atoms with Gasteiger partial charge in [-0.3, -0.25) is 9.59 Å². The highest BCUT2D eigenvalue weighted by Crippen LogP contribution is 2.35. The number of aromatic nitrogens is 1. The minimum absolute atomic E-state index is 0.0501. The molecule has 0 saturated carbocycles. The standard InChI is InChI=1S/C24H14ClFN2O4S/c25-13-7-10-16-18(11-13)33-24(28-16)22(23(27)30)32-21-19(29)15-3-1-2-4-17(15)31-20(21)12-5-8-14(26)9-6-12/h1-11,22H,(H2,27,30). The normalized spacial score (nSPS) is 12.2. The van der Waals surface area contributed by atoms with Crippen LogP contribution in [0.4, 0.5) is 4.39 Å². The summed E-state index contributed by atoms with van der Waals surface area (Å²) in [7, 11) is 0. The van der Waals surface area contributed by atoms with E-state index in [1.807, 2.05) is 0 Å². The van der Waals surface area contributed by atoms with Crippen LogP contribution in [0.25, 0.3) is 32.5 Å². The molecule has 2 heterocycles. The zero-order chi connectivity index (χ0) is 23.1. The van der Waals surface area contributed by atoms with E-state index >= 15 is 0 Å². The molecule has 5 aromatic rings. The highest BCUT2D eigenvalue weighted by Gasteiger charge is 2.28. The van der Waals surface area contributed by atoms with Crippen molar-refractivity contribution in [2.75, 3.05) is 0 Å². The summed E-state index contributed by atoms with van der Waals surface area (Å²) in [5.41, 5.74) is 6.47. The van der Waals surface area contributed by atoms with Gasteiger partial charge < -0.3 is 14.9 Å². The first-order valence-corrected chi connectivity index (χ1v) is 10.9. The van der Waals surface area contributed by atoms with Crippen LogP contribution in [0.2, 0.25) is 5.02 Å². The molecule has 2 N–H and O–H groups in total. The van der Waals surface area contributed by atoms with Crippen molar-refractivity contribution in [3.63, 3.8) is 0 Å². The fourth-order valence-corrected chi connectivity index (χ4v) is 4.68. The number of primary amides is 1. The molecule has 3 aromatic carbocycles. The number of ether oxygens (including phenoxy) is 1. The Kier molecular flexibility index (Phi) is 5.32. The van der Waals surface area contributed by atoms with Gasteiger partial charge in [0.25, 0.3) is 5.91 Å². The zero-order valence-corrected chi connectivity index (χ0v) is 18.3. The van der Waals surface area contributed by atoms with Gasteiger partial charge in [-0.1, -0.05) is 23.7 Å². The average Bonchev–Trinajstić information content (AvgIpc) is 3.21. The maximum atomic E-state index is 13.5. The van der Waals surface area contributed by atoms with Gasteiger partial charge in [-0.05, 0) is 54.6 Å². The minimum Gasteiger partial charge on any atom is -0.465 e. The van der Waals surface area contributed by atoms with Crippen molar-refractivity contribution in [3.05, 3.63) is 92.8 Å². The molecule has 6 nitrogen and oxygen atoms in total. The predicted molar refractivity (Wildman–Crippen MR) is 125 cm³/mol. The van der Waals surface area contributed by atoms with E-state index in [-0.39, 0.29) is 21.9 Å². The number of amides is 1. The van der Waals surface area contributed by atoms with Gasteiger partial charge in [-0.15, -0.1) is 11.3 Å². The van der Waals surface area contributed by atoms with Crippen molar-refractivity contribution < 1.29 is 18.3 Å². The predicted octanol–water partition coefficient (Wildman–Crippen LogP) is 5.47. The van der Waals surface area contributed by atoms with Crippen LogP contribution >= 0.6 is 22.9 Å². The summed E-state index contributed by atoms with van der Waals surface area (Å²) < 4.78 is 26.1. The third kappa shape index (κ3) is 3.94. The highest BCUT2D eigenvalue weighted by atomic mass is 35.5. The average molecular weight is 481 g/mol. The van der Waals surface area contributed by atoms with Gasteiger partial charge in [-0.2, -0.15) is 0 Å². The summed E-state index contributed by atoms with van der Waals surface area (Å²) in [6, 6.07) is 17.1. The van der Waals surface area contributed by atoms with Crippen LogP contribution in [0, 0.1) is 5.82 Å². The molecule has 0 aliphatic rings. The number of halogens is 2. The molecule has 0 radical (unpaired) electrons. The SMILES string of the molecule is NC(=O)C(Oc1c(-c2ccc(F)cc2)oc2ccccc2c1=O)c1nc2ccc(Cl)cc2s1. The molecule has 0 aliphatic carbocycles. The maximum Gasteiger partial charge on any atom is 0.265 e. The number of carbonyl (C=O) groups excluding carboxylic acids is 1. The van der Waals surface area contributed by atoms with E-state index in [0.29, 0.717) is 21.7 Å². The van der Waals surface area contributed by atoms with Crippen molar-refractivity contribution in [1.82, 2.24) is 4.98 Å². The number of carbonyl (C=O) groups is 1. The Hall–Kier alpha value is -3.75. The van der Waals surface area contributed by atoms with Gasteiger partial charge in [0.2, 0.25) is 17.3 Å². The molecule has 9 heteroatoms. The topological polar surface area (TPSA) is 95.4 Å². The Morgan fingerprint density at radius 3 is 2.64 bits per heavy atom. The van der Waals surface area contributed by atoms with E-state index in [1.54, 1.807) is 42.5 Å². The lowest BCUT2D eigenvalue weighted by Gasteiger charge is -2.16. The summed E-state index contributed by atoms with van der Waals surface area (Å²) in [6.07, 6.45) is -1.36. The molecule has 1 unspecified atom stereocenters. The fourth-order valence-electron chi connectivity index (χ4n) is 3.40. The van der Waals surface area contributed by atoms with Crippen molar-refractivity contribution in [3.8, 4) is 17.1 Å². The second-order valence-corrected chi connectivity index (χ2v) is 8.66. The molecule has 5 rings (SSSR count). The number of para-hydroxylation sites is 1. The zero-order valence-electron chi connectivity index (χ0n) is 16.7. The van der Waals surface area contributed by atoms with E-state index in [4.69, 9.17) is 26.5 Å². The molecule has 1 amide bonds. The third-order valence-corrected chi connectivity index (χ3v) is 6.24. The molecule has 0 saturated heterocycles. The number of fused-ring (bicyclic) bond motifs is 2. The monoisotopic (exact) mass is 480 g/mol. The number of hydrogen-bond donors (Lipinski definition) is 1. The lowest BCUT2D eigenvalue weighted by molar-refractivity contribution is -0.125. The summed E-state index contributed by atoms with van der Waals surface area (Å²) >= 11 is 7.23. The largest absolute Gasteiger partial charge is 0.465 e. The summed E-state index contributed by atoms with van der Waals surface area (Å²) in [4.78, 5) is 30.2. The van der Waals surface area contributed by atoms with Gasteiger partial charge in [0.05, 0.1) is 15.6 Å². The van der Waals surface area contributed by atoms with E-state index in [1.165, 1.54) is 35.6 Å². The van der Waals surface area contributed by atoms with Gasteiger partial charge in [0.15, 0.2) is 5.76 Å². The van der Waals surface area contributed by atoms with Gasteiger partial charge >= 0.3 is 0 Å². The number of hydrogen-bond acceptors (Lipinski definition) is 6. The molecule has 1 atom stereocenters. The van der Waals surface area contributed by atoms with Crippen LogP contribution in [-0.4, -0.2) is 10.9 Å². The highest BCUT2D eigenvalue weighted by molar-refractivity contribution is 7.18. The Morgan fingerprint density at radius 2 is 1.88 bits per heavy atom. The Balaban J connectivity index is 1.69. The van der Waals surface area contributed by atoms with Crippen LogP contribution in [0.1, 0.15) is 11.1 Å². The van der Waals surface area contributed by atoms with Crippen LogP contribution in [0.5, 0.6) is 5.75 Å². The Bertz CT molecular complexity index is 1580. The van der Waals surface area contributed by atoms with E-state index in [0.717, 1.165) is 4.70 Å². The molecule has 2 aromatic heterocycles. The number of rotatable bonds is 5. The first-order valence-electron chi connectivity index (χ1n) is 9.74. The van der Waals surface area contributed by atoms with Gasteiger partial charge in [0, 0.05) is 10.6 Å². The summed E-state index contributed by atoms with van der Waals surface area (Å²) in [5.74, 6) is -1.46. The molecular weight excluding hydrogens is 467 g/mol. The summed E-state index contributed by atoms with van der Waals surface area (Å²) in [5, 5.41) is 1.04. The van der Waals surface area contributed by atoms with Crippen LogP contribution in [-0.2, 0) is 4.79 Å². The van der Waals surface area contributed by atoms with Crippen molar-refractivity contribution in [2.45, 2.75) is 6.10 Å². The maximum absolute atomic E-state index is 13.5. The minimum atomic E-state index is -1.36. The first-order chi connectivity index (χ1) is 15.9. The van der Waals surface area contributed by atoms with Crippen LogP contribution in [0.3, 0.4) is 0 Å². The molecule has 0 fully saturated rings. The smallest absolute Gasteiger partial charge is 0.265 e. The lowest BCUT2D eigenvalue weighted by Crippen LogP contribution is -2.28. The Labute approximate surface area is 195 Å². The first kappa shape index (κ1) is 21.1. The second-order valence-electron chi connectivity index (χ2n) is 7.16. The van der Waals surface area contributed by atoms with E-state index in [2.05, 4.69) is 4.98 Å². The quantitative estimate of drug-likeness (QED) is 0.360. The molecule has 0 bridgehead atoms. The van der Waals surface area contributed by atoms with Crippen molar-refractivity contribution in [1.29, 1.82) is 0 Å². The molecule has 33 heavy (non-hydrogen) atoms. The second kappa shape index (κ2) is 8.31. The van der Waals surface area contributed by atoms with Crippen LogP contribution < -0.4 is 15.9 Å². The fraction of sp³-hybridized carbons (Fsp3) is 0.0417. The van der Waals surface area contributed by atoms with E-state index in [9.17, 15) is 14.0 Å². The van der Waals surface area contributed by atoms with Crippen molar-refractivity contribution in [2.24, 2.45) is 5.73 Å². The number of nitrogens with two attached hydrogens (primary N) is 1.